The molecule has 4 heteroatoms. The number of fused-ring (bicyclic) bond motifs is 3. The third-order valence-corrected chi connectivity index (χ3v) is 5.77. The van der Waals surface area contributed by atoms with Crippen LogP contribution in [0.5, 0.6) is 0 Å². The second kappa shape index (κ2) is 6.69. The van der Waals surface area contributed by atoms with Crippen molar-refractivity contribution in [1.29, 1.82) is 0 Å². The molecule has 0 atom stereocenters. The summed E-state index contributed by atoms with van der Waals surface area (Å²) in [6.45, 7) is 6.65. The first kappa shape index (κ1) is 16.0. The van der Waals surface area contributed by atoms with Crippen LogP contribution in [0, 0.1) is 6.92 Å². The van der Waals surface area contributed by atoms with Gasteiger partial charge in [0, 0.05) is 0 Å². The molecular weight excluding hydrogens is 322 g/mol. The molecule has 0 saturated carbocycles. The smallest absolute Gasteiger partial charge is 0.268 e. The highest BCUT2D eigenvalue weighted by molar-refractivity contribution is 7.14. The summed E-state index contributed by atoms with van der Waals surface area (Å²) in [4.78, 5) is 16.8. The number of rotatable bonds is 1. The van der Waals surface area contributed by atoms with E-state index in [1.165, 1.54) is 27.3 Å². The number of carbonyl (C=O) groups is 1. The second-order valence-corrected chi connectivity index (χ2v) is 6.95. The Labute approximate surface area is 145 Å². The molecule has 0 fully saturated rings. The summed E-state index contributed by atoms with van der Waals surface area (Å²) in [7, 11) is 0. The summed E-state index contributed by atoms with van der Waals surface area (Å²) < 4.78 is 0. The van der Waals surface area contributed by atoms with E-state index in [1.807, 2.05) is 43.2 Å². The van der Waals surface area contributed by atoms with Crippen LogP contribution in [-0.4, -0.2) is 5.91 Å². The summed E-state index contributed by atoms with van der Waals surface area (Å²) in [5, 5.41) is 4.04. The number of thiophene rings is 2. The molecule has 0 unspecified atom stereocenters. The molecule has 1 aliphatic rings. The van der Waals surface area contributed by atoms with Gasteiger partial charge in [0.15, 0.2) is 0 Å². The lowest BCUT2D eigenvalue weighted by Crippen LogP contribution is -2.32. The number of anilines is 1. The van der Waals surface area contributed by atoms with E-state index in [0.29, 0.717) is 6.54 Å². The van der Waals surface area contributed by atoms with Crippen molar-refractivity contribution < 1.29 is 4.79 Å². The van der Waals surface area contributed by atoms with Gasteiger partial charge >= 0.3 is 0 Å². The van der Waals surface area contributed by atoms with Crippen LogP contribution in [0.1, 0.15) is 34.6 Å². The number of amides is 1. The number of nitrogens with zero attached hydrogens (tertiary/aromatic N) is 1. The molecule has 2 aromatic heterocycles. The molecule has 1 amide bonds. The number of hydrogen-bond donors (Lipinski definition) is 0. The molecular formula is C19H19NOS2. The van der Waals surface area contributed by atoms with Gasteiger partial charge in [-0.05, 0) is 46.5 Å². The quantitative estimate of drug-likeness (QED) is 0.534. The van der Waals surface area contributed by atoms with Gasteiger partial charge in [0.2, 0.25) is 0 Å². The van der Waals surface area contributed by atoms with E-state index in [-0.39, 0.29) is 5.91 Å². The predicted molar refractivity (Wildman–Crippen MR) is 101 cm³/mol. The molecule has 23 heavy (non-hydrogen) atoms. The Morgan fingerprint density at radius 1 is 1.04 bits per heavy atom. The van der Waals surface area contributed by atoms with Crippen molar-refractivity contribution in [2.24, 2.45) is 0 Å². The molecule has 1 aliphatic heterocycles. The van der Waals surface area contributed by atoms with Crippen molar-refractivity contribution >= 4 is 34.3 Å². The normalized spacial score (nSPS) is 12.0. The summed E-state index contributed by atoms with van der Waals surface area (Å²) in [5.74, 6) is 0.108. The van der Waals surface area contributed by atoms with Gasteiger partial charge < -0.3 is 4.90 Å². The summed E-state index contributed by atoms with van der Waals surface area (Å²) in [5.41, 5.74) is 4.57. The van der Waals surface area contributed by atoms with E-state index >= 15 is 0 Å². The van der Waals surface area contributed by atoms with Crippen molar-refractivity contribution in [2.75, 3.05) is 4.90 Å². The number of hydrogen-bond acceptors (Lipinski definition) is 3. The van der Waals surface area contributed by atoms with Crippen molar-refractivity contribution in [1.82, 2.24) is 0 Å². The van der Waals surface area contributed by atoms with Crippen molar-refractivity contribution in [2.45, 2.75) is 27.3 Å². The molecule has 0 saturated heterocycles. The van der Waals surface area contributed by atoms with Gasteiger partial charge in [-0.3, -0.25) is 4.79 Å². The first-order valence-corrected chi connectivity index (χ1v) is 9.53. The number of aryl methyl sites for hydroxylation is 1. The lowest BCUT2D eigenvalue weighted by Gasteiger charge is -2.28. The standard InChI is InChI=1S/C17H13NOS2.C2H6/c1-11-6-8-20-15(11)17(19)18-10-12-4-2-3-5-13(12)16-14(18)7-9-21-16;1-2/h2-9H,10H2,1H3;1-2H3. The minimum Gasteiger partial charge on any atom is -0.302 e. The van der Waals surface area contributed by atoms with Gasteiger partial charge in [-0.1, -0.05) is 38.1 Å². The van der Waals surface area contributed by atoms with Gasteiger partial charge in [0.05, 0.1) is 22.0 Å². The van der Waals surface area contributed by atoms with Gasteiger partial charge in [-0.2, -0.15) is 0 Å². The minimum absolute atomic E-state index is 0.108. The maximum absolute atomic E-state index is 12.9. The maximum atomic E-state index is 12.9. The average molecular weight is 342 g/mol. The first-order valence-electron chi connectivity index (χ1n) is 7.77. The monoisotopic (exact) mass is 341 g/mol. The lowest BCUT2D eigenvalue weighted by atomic mass is 10.00. The highest BCUT2D eigenvalue weighted by Crippen LogP contribution is 2.43. The molecule has 4 rings (SSSR count). The van der Waals surface area contributed by atoms with Crippen LogP contribution in [0.4, 0.5) is 5.69 Å². The van der Waals surface area contributed by atoms with Crippen LogP contribution >= 0.6 is 22.7 Å². The van der Waals surface area contributed by atoms with Gasteiger partial charge in [-0.15, -0.1) is 22.7 Å². The Kier molecular flexibility index (Phi) is 4.64. The number of carbonyl (C=O) groups excluding carboxylic acids is 1. The van der Waals surface area contributed by atoms with E-state index in [4.69, 9.17) is 0 Å². The van der Waals surface area contributed by atoms with Crippen molar-refractivity contribution in [3.05, 3.63) is 63.2 Å². The zero-order valence-electron chi connectivity index (χ0n) is 13.5. The first-order chi connectivity index (χ1) is 11.3. The van der Waals surface area contributed by atoms with Gasteiger partial charge in [0.25, 0.3) is 5.91 Å². The molecule has 1 aromatic carbocycles. The summed E-state index contributed by atoms with van der Waals surface area (Å²) in [6, 6.07) is 12.4. The molecule has 3 heterocycles. The lowest BCUT2D eigenvalue weighted by molar-refractivity contribution is 0.0988. The fraction of sp³-hybridized carbons (Fsp3) is 0.211. The third-order valence-electron chi connectivity index (χ3n) is 3.83. The van der Waals surface area contributed by atoms with Crippen LogP contribution in [0.25, 0.3) is 10.4 Å². The molecule has 3 aromatic rings. The van der Waals surface area contributed by atoms with Crippen LogP contribution in [-0.2, 0) is 6.54 Å². The third kappa shape index (κ3) is 2.73. The van der Waals surface area contributed by atoms with Crippen LogP contribution in [0.15, 0.2) is 47.2 Å². The maximum Gasteiger partial charge on any atom is 0.268 e. The zero-order valence-corrected chi connectivity index (χ0v) is 15.1. The van der Waals surface area contributed by atoms with Crippen LogP contribution in [0.3, 0.4) is 0 Å². The average Bonchev–Trinajstić information content (AvgIpc) is 3.24. The molecule has 118 valence electrons. The highest BCUT2D eigenvalue weighted by Gasteiger charge is 2.28. The Hall–Kier alpha value is -1.91. The highest BCUT2D eigenvalue weighted by atomic mass is 32.1. The zero-order chi connectivity index (χ0) is 16.4. The fourth-order valence-electron chi connectivity index (χ4n) is 2.75. The van der Waals surface area contributed by atoms with Gasteiger partial charge in [0.1, 0.15) is 0 Å². The molecule has 2 nitrogen and oxygen atoms in total. The largest absolute Gasteiger partial charge is 0.302 e. The molecule has 0 N–H and O–H groups in total. The van der Waals surface area contributed by atoms with Crippen molar-refractivity contribution in [3.8, 4) is 10.4 Å². The Morgan fingerprint density at radius 2 is 1.78 bits per heavy atom. The number of benzene rings is 1. The van der Waals surface area contributed by atoms with Gasteiger partial charge in [-0.25, -0.2) is 0 Å². The predicted octanol–water partition coefficient (Wildman–Crippen LogP) is 5.97. The SMILES string of the molecule is CC.Cc1ccsc1C(=O)N1Cc2ccccc2-c2sccc21. The molecule has 0 bridgehead atoms. The molecule has 0 aliphatic carbocycles. The molecule has 0 radical (unpaired) electrons. The van der Waals surface area contributed by atoms with E-state index in [2.05, 4.69) is 29.6 Å². The van der Waals surface area contributed by atoms with E-state index < -0.39 is 0 Å². The Morgan fingerprint density at radius 3 is 2.52 bits per heavy atom. The second-order valence-electron chi connectivity index (χ2n) is 5.12. The fourth-order valence-corrected chi connectivity index (χ4v) is 4.58. The Bertz CT molecular complexity index is 831. The van der Waals surface area contributed by atoms with Crippen LogP contribution < -0.4 is 4.90 Å². The topological polar surface area (TPSA) is 20.3 Å². The molecule has 0 spiro atoms. The Balaban J connectivity index is 0.000000753. The summed E-state index contributed by atoms with van der Waals surface area (Å²) >= 11 is 3.22. The van der Waals surface area contributed by atoms with Crippen LogP contribution in [0.2, 0.25) is 0 Å². The van der Waals surface area contributed by atoms with Crippen molar-refractivity contribution in [3.63, 3.8) is 0 Å². The van der Waals surface area contributed by atoms with E-state index in [9.17, 15) is 4.79 Å². The van der Waals surface area contributed by atoms with E-state index in [1.54, 1.807) is 11.3 Å². The minimum atomic E-state index is 0.108. The van der Waals surface area contributed by atoms with E-state index in [0.717, 1.165) is 16.1 Å². The summed E-state index contributed by atoms with van der Waals surface area (Å²) in [6.07, 6.45) is 0.